The van der Waals surface area contributed by atoms with Gasteiger partial charge in [-0.15, -0.1) is 11.3 Å². The van der Waals surface area contributed by atoms with Crippen molar-refractivity contribution in [2.45, 2.75) is 0 Å². The normalized spacial score (nSPS) is 11.5. The number of furan rings is 1. The zero-order valence-corrected chi connectivity index (χ0v) is 28.6. The molecule has 0 spiro atoms. The maximum atomic E-state index is 6.38. The number of aromatic nitrogens is 4. The van der Waals surface area contributed by atoms with E-state index in [0.717, 1.165) is 65.0 Å². The molecule has 6 heteroatoms. The Bertz CT molecular complexity index is 2900. The van der Waals surface area contributed by atoms with E-state index >= 15 is 0 Å². The molecule has 0 bridgehead atoms. The number of hydrogen-bond donors (Lipinski definition) is 0. The average molecular weight is 685 g/mol. The van der Waals surface area contributed by atoms with Gasteiger partial charge in [0.15, 0.2) is 17.5 Å². The molecule has 0 fully saturated rings. The first kappa shape index (κ1) is 30.1. The molecule has 10 rings (SSSR count). The second kappa shape index (κ2) is 12.5. The van der Waals surface area contributed by atoms with Gasteiger partial charge in [-0.3, -0.25) is 0 Å². The highest BCUT2D eigenvalue weighted by molar-refractivity contribution is 7.21. The van der Waals surface area contributed by atoms with Gasteiger partial charge in [-0.05, 0) is 58.7 Å². The van der Waals surface area contributed by atoms with E-state index in [-0.39, 0.29) is 0 Å². The van der Waals surface area contributed by atoms with Crippen molar-refractivity contribution < 1.29 is 4.42 Å². The molecule has 0 amide bonds. The van der Waals surface area contributed by atoms with Gasteiger partial charge >= 0.3 is 0 Å². The van der Waals surface area contributed by atoms with Gasteiger partial charge in [0.25, 0.3) is 0 Å². The predicted octanol–water partition coefficient (Wildman–Crippen LogP) is 12.4. The number of fused-ring (bicyclic) bond motifs is 4. The molecule has 5 nitrogen and oxygen atoms in total. The van der Waals surface area contributed by atoms with E-state index in [1.807, 2.05) is 66.7 Å². The molecule has 3 heterocycles. The summed E-state index contributed by atoms with van der Waals surface area (Å²) in [6, 6.07) is 58.3. The molecule has 244 valence electrons. The van der Waals surface area contributed by atoms with Crippen LogP contribution in [0.3, 0.4) is 0 Å². The van der Waals surface area contributed by atoms with E-state index in [9.17, 15) is 0 Å². The van der Waals surface area contributed by atoms with E-state index in [0.29, 0.717) is 17.5 Å². The molecule has 0 N–H and O–H groups in total. The van der Waals surface area contributed by atoms with Crippen molar-refractivity contribution in [1.29, 1.82) is 0 Å². The Hall–Kier alpha value is -6.76. The summed E-state index contributed by atoms with van der Waals surface area (Å²) in [6.07, 6.45) is 0. The summed E-state index contributed by atoms with van der Waals surface area (Å²) < 4.78 is 7.48. The van der Waals surface area contributed by atoms with Crippen molar-refractivity contribution in [3.63, 3.8) is 0 Å². The summed E-state index contributed by atoms with van der Waals surface area (Å²) in [4.78, 5) is 20.1. The van der Waals surface area contributed by atoms with E-state index in [2.05, 4.69) is 103 Å². The number of nitrogens with zero attached hydrogens (tertiary/aromatic N) is 4. The van der Waals surface area contributed by atoms with Crippen molar-refractivity contribution in [3.05, 3.63) is 170 Å². The molecule has 0 unspecified atom stereocenters. The zero-order valence-electron chi connectivity index (χ0n) is 27.8. The molecule has 0 aliphatic heterocycles. The van der Waals surface area contributed by atoms with Gasteiger partial charge in [-0.1, -0.05) is 133 Å². The van der Waals surface area contributed by atoms with Crippen molar-refractivity contribution in [3.8, 4) is 67.0 Å². The molecule has 0 aliphatic carbocycles. The van der Waals surface area contributed by atoms with Gasteiger partial charge in [-0.25, -0.2) is 19.9 Å². The molecule has 7 aromatic carbocycles. The summed E-state index contributed by atoms with van der Waals surface area (Å²) in [5, 5.41) is 3.06. The fourth-order valence-electron chi connectivity index (χ4n) is 6.77. The van der Waals surface area contributed by atoms with Crippen LogP contribution in [0.4, 0.5) is 0 Å². The highest BCUT2D eigenvalue weighted by atomic mass is 32.1. The number of rotatable bonds is 6. The zero-order chi connectivity index (χ0) is 34.4. The molecule has 0 aliphatic rings. The van der Waals surface area contributed by atoms with Crippen molar-refractivity contribution in [1.82, 2.24) is 19.9 Å². The third-order valence-electron chi connectivity index (χ3n) is 9.39. The summed E-state index contributed by atoms with van der Waals surface area (Å²) >= 11 is 1.68. The first-order valence-electron chi connectivity index (χ1n) is 17.1. The van der Waals surface area contributed by atoms with E-state index in [1.165, 1.54) is 16.7 Å². The largest absolute Gasteiger partial charge is 0.455 e. The molecule has 0 radical (unpaired) electrons. The highest BCUT2D eigenvalue weighted by Crippen LogP contribution is 2.37. The Labute approximate surface area is 303 Å². The first-order valence-corrected chi connectivity index (χ1v) is 17.9. The lowest BCUT2D eigenvalue weighted by Gasteiger charge is -2.08. The average Bonchev–Trinajstić information content (AvgIpc) is 3.83. The van der Waals surface area contributed by atoms with Gasteiger partial charge in [0.2, 0.25) is 0 Å². The third-order valence-corrected chi connectivity index (χ3v) is 10.5. The van der Waals surface area contributed by atoms with Gasteiger partial charge < -0.3 is 4.42 Å². The van der Waals surface area contributed by atoms with Crippen molar-refractivity contribution in [2.24, 2.45) is 0 Å². The Balaban J connectivity index is 1.03. The lowest BCUT2D eigenvalue weighted by Crippen LogP contribution is -2.00. The minimum absolute atomic E-state index is 0.557. The van der Waals surface area contributed by atoms with Crippen LogP contribution in [-0.2, 0) is 0 Å². The molecule has 52 heavy (non-hydrogen) atoms. The fraction of sp³-hybridized carbons (Fsp3) is 0. The summed E-state index contributed by atoms with van der Waals surface area (Å²) in [7, 11) is 0. The third kappa shape index (κ3) is 5.43. The van der Waals surface area contributed by atoms with Crippen LogP contribution in [0.1, 0.15) is 0 Å². The molecule has 10 aromatic rings. The lowest BCUT2D eigenvalue weighted by molar-refractivity contribution is 0.669. The Morgan fingerprint density at radius 3 is 1.77 bits per heavy atom. The molecule has 0 saturated heterocycles. The van der Waals surface area contributed by atoms with Crippen molar-refractivity contribution in [2.75, 3.05) is 0 Å². The fourth-order valence-corrected chi connectivity index (χ4v) is 7.71. The summed E-state index contributed by atoms with van der Waals surface area (Å²) in [6.45, 7) is 0. The smallest absolute Gasteiger partial charge is 0.167 e. The van der Waals surface area contributed by atoms with Crippen LogP contribution < -0.4 is 0 Å². The van der Waals surface area contributed by atoms with Gasteiger partial charge in [0.1, 0.15) is 16.2 Å². The maximum Gasteiger partial charge on any atom is 0.167 e. The number of benzene rings is 7. The molecule has 3 aromatic heterocycles. The standard InChI is InChI=1S/C46H28N4OS/c1-3-11-29(12-4-1)30-21-23-31(24-22-30)33-15-9-16-35(27-33)46-47-39-28-34(25-26-41(39)52-46)44-48-43(32-13-5-2-6-14-32)49-45(50-44)38-19-10-18-37-36-17-7-8-20-40(36)51-42(37)38/h1-28H. The summed E-state index contributed by atoms with van der Waals surface area (Å²) in [5.41, 5.74) is 10.9. The molecular weight excluding hydrogens is 657 g/mol. The minimum Gasteiger partial charge on any atom is -0.455 e. The van der Waals surface area contributed by atoms with E-state index in [1.54, 1.807) is 11.3 Å². The minimum atomic E-state index is 0.557. The number of para-hydroxylation sites is 2. The van der Waals surface area contributed by atoms with E-state index in [4.69, 9.17) is 24.4 Å². The van der Waals surface area contributed by atoms with Crippen LogP contribution in [0, 0.1) is 0 Å². The van der Waals surface area contributed by atoms with Crippen LogP contribution >= 0.6 is 11.3 Å². The van der Waals surface area contributed by atoms with E-state index < -0.39 is 0 Å². The molecular formula is C46H28N4OS. The van der Waals surface area contributed by atoms with Crippen LogP contribution in [0.25, 0.3) is 99.1 Å². The Kier molecular flexibility index (Phi) is 7.25. The SMILES string of the molecule is c1ccc(-c2ccc(-c3cccc(-c4nc5cc(-c6nc(-c7ccccc7)nc(-c7cccc8c7oc7ccccc78)n6)ccc5s4)c3)cc2)cc1. The quantitative estimate of drug-likeness (QED) is 0.174. The van der Waals surface area contributed by atoms with Crippen LogP contribution in [0.2, 0.25) is 0 Å². The number of hydrogen-bond acceptors (Lipinski definition) is 6. The van der Waals surface area contributed by atoms with Crippen LogP contribution in [0.15, 0.2) is 174 Å². The second-order valence-electron chi connectivity index (χ2n) is 12.7. The molecule has 0 saturated carbocycles. The first-order chi connectivity index (χ1) is 25.7. The summed E-state index contributed by atoms with van der Waals surface area (Å²) in [5.74, 6) is 1.73. The van der Waals surface area contributed by atoms with Gasteiger partial charge in [0.05, 0.1) is 15.8 Å². The van der Waals surface area contributed by atoms with Crippen molar-refractivity contribution >= 4 is 43.5 Å². The van der Waals surface area contributed by atoms with Crippen LogP contribution in [0.5, 0.6) is 0 Å². The molecule has 0 atom stereocenters. The monoisotopic (exact) mass is 684 g/mol. The van der Waals surface area contributed by atoms with Crippen LogP contribution in [-0.4, -0.2) is 19.9 Å². The Morgan fingerprint density at radius 2 is 0.962 bits per heavy atom. The lowest BCUT2D eigenvalue weighted by atomic mass is 9.99. The van der Waals surface area contributed by atoms with Gasteiger partial charge in [-0.2, -0.15) is 0 Å². The number of thiazole rings is 1. The maximum absolute atomic E-state index is 6.38. The Morgan fingerprint density at radius 1 is 0.385 bits per heavy atom. The predicted molar refractivity (Wildman–Crippen MR) is 213 cm³/mol. The topological polar surface area (TPSA) is 64.7 Å². The van der Waals surface area contributed by atoms with Gasteiger partial charge in [0, 0.05) is 27.5 Å². The second-order valence-corrected chi connectivity index (χ2v) is 13.7. The highest BCUT2D eigenvalue weighted by Gasteiger charge is 2.18.